The predicted octanol–water partition coefficient (Wildman–Crippen LogP) is 2.92. The van der Waals surface area contributed by atoms with Crippen molar-refractivity contribution >= 4 is 28.7 Å². The zero-order valence-electron chi connectivity index (χ0n) is 11.9. The fraction of sp³-hybridized carbons (Fsp3) is 0.385. The number of anilines is 2. The van der Waals surface area contributed by atoms with Gasteiger partial charge in [-0.1, -0.05) is 0 Å². The number of rotatable bonds is 7. The molecule has 112 valence electrons. The van der Waals surface area contributed by atoms with Crippen molar-refractivity contribution < 1.29 is 4.92 Å². The van der Waals surface area contributed by atoms with Gasteiger partial charge in [0, 0.05) is 12.6 Å². The topological polar surface area (TPSA) is 93.0 Å². The fourth-order valence-electron chi connectivity index (χ4n) is 2.00. The first-order chi connectivity index (χ1) is 10.1. The van der Waals surface area contributed by atoms with Gasteiger partial charge in [-0.05, 0) is 42.7 Å². The maximum Gasteiger partial charge on any atom is 0.353 e. The summed E-state index contributed by atoms with van der Waals surface area (Å²) in [4.78, 5) is 18.7. The van der Waals surface area contributed by atoms with Crippen LogP contribution < -0.4 is 10.6 Å². The molecule has 8 heteroatoms. The summed E-state index contributed by atoms with van der Waals surface area (Å²) >= 11 is 1.63. The Morgan fingerprint density at radius 3 is 2.81 bits per heavy atom. The summed E-state index contributed by atoms with van der Waals surface area (Å²) in [5.41, 5.74) is 1.08. The van der Waals surface area contributed by atoms with E-state index in [1.165, 1.54) is 11.9 Å². The van der Waals surface area contributed by atoms with E-state index < -0.39 is 4.92 Å². The van der Waals surface area contributed by atoms with Gasteiger partial charge in [-0.3, -0.25) is 10.1 Å². The van der Waals surface area contributed by atoms with Crippen LogP contribution in [0.5, 0.6) is 0 Å². The largest absolute Gasteiger partial charge is 0.364 e. The van der Waals surface area contributed by atoms with Gasteiger partial charge in [-0.15, -0.1) is 0 Å². The third-order valence-electron chi connectivity index (χ3n) is 2.85. The minimum absolute atomic E-state index is 0.0303. The summed E-state index contributed by atoms with van der Waals surface area (Å²) in [6, 6.07) is 2.07. The van der Waals surface area contributed by atoms with Crippen molar-refractivity contribution in [1.29, 1.82) is 0 Å². The molecule has 0 radical (unpaired) electrons. The molecule has 2 heterocycles. The minimum Gasteiger partial charge on any atom is -0.364 e. The maximum atomic E-state index is 11.3. The average Bonchev–Trinajstić information content (AvgIpc) is 2.91. The van der Waals surface area contributed by atoms with E-state index in [2.05, 4.69) is 26.0 Å². The van der Waals surface area contributed by atoms with Crippen LogP contribution in [0.15, 0.2) is 23.2 Å². The van der Waals surface area contributed by atoms with Crippen molar-refractivity contribution in [2.45, 2.75) is 26.3 Å². The van der Waals surface area contributed by atoms with Crippen LogP contribution in [0.1, 0.15) is 19.4 Å². The van der Waals surface area contributed by atoms with E-state index in [9.17, 15) is 10.1 Å². The van der Waals surface area contributed by atoms with Crippen LogP contribution in [0.4, 0.5) is 17.3 Å². The number of nitro groups is 1. The quantitative estimate of drug-likeness (QED) is 0.603. The second-order valence-electron chi connectivity index (χ2n) is 4.59. The monoisotopic (exact) mass is 307 g/mol. The highest BCUT2D eigenvalue weighted by Gasteiger charge is 2.23. The Balaban J connectivity index is 2.18. The van der Waals surface area contributed by atoms with Crippen molar-refractivity contribution in [2.24, 2.45) is 0 Å². The average molecular weight is 307 g/mol. The number of nitrogens with zero attached hydrogens (tertiary/aromatic N) is 3. The Labute approximate surface area is 126 Å². The maximum absolute atomic E-state index is 11.3. The van der Waals surface area contributed by atoms with Crippen LogP contribution in [0.2, 0.25) is 0 Å². The van der Waals surface area contributed by atoms with Crippen LogP contribution in [-0.2, 0) is 6.42 Å². The lowest BCUT2D eigenvalue weighted by Gasteiger charge is -2.14. The van der Waals surface area contributed by atoms with E-state index in [0.717, 1.165) is 6.42 Å². The molecule has 0 spiro atoms. The summed E-state index contributed by atoms with van der Waals surface area (Å²) in [5, 5.41) is 21.3. The van der Waals surface area contributed by atoms with Crippen molar-refractivity contribution in [2.75, 3.05) is 17.2 Å². The lowest BCUT2D eigenvalue weighted by molar-refractivity contribution is -0.383. The summed E-state index contributed by atoms with van der Waals surface area (Å²) in [6.45, 7) is 4.39. The van der Waals surface area contributed by atoms with Gasteiger partial charge < -0.3 is 10.6 Å². The Morgan fingerprint density at radius 1 is 1.43 bits per heavy atom. The molecule has 0 aliphatic carbocycles. The first-order valence-electron chi connectivity index (χ1n) is 6.62. The van der Waals surface area contributed by atoms with Crippen molar-refractivity contribution in [3.8, 4) is 0 Å². The highest BCUT2D eigenvalue weighted by atomic mass is 32.1. The van der Waals surface area contributed by atoms with Gasteiger partial charge in [0.05, 0.1) is 4.92 Å². The second kappa shape index (κ2) is 6.98. The molecule has 2 rings (SSSR count). The Hall–Kier alpha value is -2.22. The lowest BCUT2D eigenvalue weighted by atomic mass is 10.1. The van der Waals surface area contributed by atoms with E-state index in [0.29, 0.717) is 6.54 Å². The number of hydrogen-bond donors (Lipinski definition) is 2. The molecule has 1 unspecified atom stereocenters. The Bertz CT molecular complexity index is 603. The van der Waals surface area contributed by atoms with Crippen LogP contribution in [0.3, 0.4) is 0 Å². The predicted molar refractivity (Wildman–Crippen MR) is 84.0 cm³/mol. The molecule has 2 aromatic heterocycles. The molecular formula is C13H17N5O2S. The van der Waals surface area contributed by atoms with E-state index in [1.54, 1.807) is 11.3 Å². The fourth-order valence-corrected chi connectivity index (χ4v) is 2.68. The van der Waals surface area contributed by atoms with Gasteiger partial charge in [0.1, 0.15) is 6.33 Å². The molecule has 0 bridgehead atoms. The highest BCUT2D eigenvalue weighted by Crippen LogP contribution is 2.29. The van der Waals surface area contributed by atoms with Crippen molar-refractivity contribution in [3.63, 3.8) is 0 Å². The summed E-state index contributed by atoms with van der Waals surface area (Å²) < 4.78 is 0. The molecule has 2 aromatic rings. The van der Waals surface area contributed by atoms with E-state index in [-0.39, 0.29) is 23.4 Å². The molecule has 7 nitrogen and oxygen atoms in total. The molecule has 2 N–H and O–H groups in total. The molecule has 0 saturated carbocycles. The minimum atomic E-state index is -0.461. The first-order valence-corrected chi connectivity index (χ1v) is 7.57. The molecule has 0 fully saturated rings. The summed E-state index contributed by atoms with van der Waals surface area (Å²) in [7, 11) is 0. The Morgan fingerprint density at radius 2 is 2.19 bits per heavy atom. The van der Waals surface area contributed by atoms with Crippen LogP contribution in [0, 0.1) is 10.1 Å². The van der Waals surface area contributed by atoms with Crippen LogP contribution in [0.25, 0.3) is 0 Å². The van der Waals surface area contributed by atoms with Gasteiger partial charge in [0.15, 0.2) is 0 Å². The normalized spacial score (nSPS) is 11.9. The lowest BCUT2D eigenvalue weighted by Crippen LogP contribution is -2.20. The molecule has 0 amide bonds. The molecule has 0 aliphatic rings. The second-order valence-corrected chi connectivity index (χ2v) is 5.37. The molecular weight excluding hydrogens is 290 g/mol. The van der Waals surface area contributed by atoms with Gasteiger partial charge in [0.2, 0.25) is 11.6 Å². The van der Waals surface area contributed by atoms with Crippen molar-refractivity contribution in [1.82, 2.24) is 9.97 Å². The smallest absolute Gasteiger partial charge is 0.353 e. The molecule has 0 aromatic carbocycles. The van der Waals surface area contributed by atoms with E-state index >= 15 is 0 Å². The standard InChI is InChI=1S/C13H17N5O2S/c1-3-14-12-11(18(19)20)13(16-8-15-12)17-9(2)6-10-4-5-21-7-10/h4-5,7-9H,3,6H2,1-2H3,(H2,14,15,16,17). The number of thiophene rings is 1. The van der Waals surface area contributed by atoms with Crippen LogP contribution in [-0.4, -0.2) is 27.5 Å². The van der Waals surface area contributed by atoms with Crippen molar-refractivity contribution in [3.05, 3.63) is 38.8 Å². The molecule has 21 heavy (non-hydrogen) atoms. The van der Waals surface area contributed by atoms with Gasteiger partial charge in [-0.2, -0.15) is 11.3 Å². The third kappa shape index (κ3) is 3.88. The molecule has 0 saturated heterocycles. The van der Waals surface area contributed by atoms with E-state index in [4.69, 9.17) is 0 Å². The summed E-state index contributed by atoms with van der Waals surface area (Å²) in [5.74, 6) is 0.483. The number of hydrogen-bond acceptors (Lipinski definition) is 7. The van der Waals surface area contributed by atoms with Gasteiger partial charge in [-0.25, -0.2) is 9.97 Å². The van der Waals surface area contributed by atoms with Gasteiger partial charge >= 0.3 is 5.69 Å². The van der Waals surface area contributed by atoms with Gasteiger partial charge in [0.25, 0.3) is 0 Å². The SMILES string of the molecule is CCNc1ncnc(NC(C)Cc2ccsc2)c1[N+](=O)[O-]. The zero-order chi connectivity index (χ0) is 15.2. The third-order valence-corrected chi connectivity index (χ3v) is 3.59. The number of aromatic nitrogens is 2. The first kappa shape index (κ1) is 15.2. The van der Waals surface area contributed by atoms with E-state index in [1.807, 2.05) is 25.3 Å². The molecule has 1 atom stereocenters. The van der Waals surface area contributed by atoms with Crippen LogP contribution >= 0.6 is 11.3 Å². The Kier molecular flexibility index (Phi) is 5.04. The zero-order valence-corrected chi connectivity index (χ0v) is 12.7. The highest BCUT2D eigenvalue weighted by molar-refractivity contribution is 7.07. The summed E-state index contributed by atoms with van der Waals surface area (Å²) in [6.07, 6.45) is 2.10. The number of nitrogens with one attached hydrogen (secondary N) is 2. The molecule has 0 aliphatic heterocycles.